The number of hydrogen-bond donors (Lipinski definition) is 1. The van der Waals surface area contributed by atoms with Crippen LogP contribution in [-0.2, 0) is 4.74 Å². The predicted molar refractivity (Wildman–Crippen MR) is 141 cm³/mol. The van der Waals surface area contributed by atoms with Gasteiger partial charge in [-0.15, -0.1) is 0 Å². The monoisotopic (exact) mass is 518 g/mol. The van der Waals surface area contributed by atoms with Gasteiger partial charge in [0.25, 0.3) is 11.5 Å². The van der Waals surface area contributed by atoms with Crippen molar-refractivity contribution in [3.8, 4) is 5.69 Å². The number of benzene rings is 3. The summed E-state index contributed by atoms with van der Waals surface area (Å²) in [6, 6.07) is 17.9. The van der Waals surface area contributed by atoms with E-state index in [4.69, 9.17) is 17.0 Å². The number of H-pyrrole nitrogens is 1. The summed E-state index contributed by atoms with van der Waals surface area (Å²) in [6.45, 7) is 1.90. The fourth-order valence-corrected chi connectivity index (χ4v) is 4.81. The number of halogens is 1. The highest BCUT2D eigenvalue weighted by Gasteiger charge is 2.24. The number of fused-ring (bicyclic) bond motifs is 1. The Kier molecular flexibility index (Phi) is 6.58. The molecule has 2 heterocycles. The lowest BCUT2D eigenvalue weighted by atomic mass is 10.1. The number of rotatable bonds is 4. The minimum atomic E-state index is -0.522. The first-order valence-corrected chi connectivity index (χ1v) is 12.0. The molecule has 0 saturated carbocycles. The number of methoxy groups -OCH3 is 1. The topological polar surface area (TPSA) is 87.6 Å². The number of piperazine rings is 1. The van der Waals surface area contributed by atoms with E-state index in [2.05, 4.69) is 4.98 Å². The van der Waals surface area contributed by atoms with E-state index in [1.165, 1.54) is 35.9 Å². The summed E-state index contributed by atoms with van der Waals surface area (Å²) in [7, 11) is 1.28. The third-order valence-corrected chi connectivity index (χ3v) is 6.71. The molecule has 188 valence electrons. The van der Waals surface area contributed by atoms with Crippen LogP contribution in [0.4, 0.5) is 10.1 Å². The van der Waals surface area contributed by atoms with E-state index in [0.717, 1.165) is 0 Å². The van der Waals surface area contributed by atoms with Crippen LogP contribution in [-0.4, -0.2) is 59.6 Å². The molecular formula is C27H23FN4O4S. The molecule has 3 aromatic carbocycles. The summed E-state index contributed by atoms with van der Waals surface area (Å²) < 4.78 is 20.3. The Morgan fingerprint density at radius 2 is 1.70 bits per heavy atom. The molecule has 1 aliphatic rings. The van der Waals surface area contributed by atoms with Crippen LogP contribution < -0.4 is 10.5 Å². The SMILES string of the molecule is COC(=O)c1ccc2c(=O)n(-c3cccc(C(=O)N4CCN(c5ccccc5F)CC4)c3)c(=S)[nH]c2c1. The molecule has 0 unspecified atom stereocenters. The zero-order chi connectivity index (χ0) is 26.1. The standard InChI is InChI=1S/C27H23FN4O4S/c1-36-26(35)18-9-10-20-22(16-18)29-27(37)32(25(20)34)19-6-4-5-17(15-19)24(33)31-13-11-30(12-14-31)23-8-3-2-7-21(23)28/h2-10,15-16H,11-14H2,1H3,(H,29,37). The average Bonchev–Trinajstić information content (AvgIpc) is 2.92. The molecule has 8 nitrogen and oxygen atoms in total. The zero-order valence-electron chi connectivity index (χ0n) is 19.9. The van der Waals surface area contributed by atoms with E-state index in [1.54, 1.807) is 47.4 Å². The number of nitrogens with zero attached hydrogens (tertiary/aromatic N) is 3. The lowest BCUT2D eigenvalue weighted by Crippen LogP contribution is -2.49. The molecule has 0 radical (unpaired) electrons. The van der Waals surface area contributed by atoms with E-state index in [9.17, 15) is 18.8 Å². The van der Waals surface area contributed by atoms with Crippen molar-refractivity contribution < 1.29 is 18.7 Å². The smallest absolute Gasteiger partial charge is 0.337 e. The van der Waals surface area contributed by atoms with Crippen LogP contribution in [0.2, 0.25) is 0 Å². The molecule has 1 fully saturated rings. The van der Waals surface area contributed by atoms with Gasteiger partial charge in [-0.3, -0.25) is 14.2 Å². The van der Waals surface area contributed by atoms with Crippen LogP contribution in [0.3, 0.4) is 0 Å². The summed E-state index contributed by atoms with van der Waals surface area (Å²) >= 11 is 5.45. The molecule has 1 amide bonds. The summed E-state index contributed by atoms with van der Waals surface area (Å²) in [5.41, 5.74) is 1.72. The van der Waals surface area contributed by atoms with E-state index in [-0.39, 0.29) is 22.1 Å². The second kappa shape index (κ2) is 9.98. The minimum Gasteiger partial charge on any atom is -0.465 e. The highest BCUT2D eigenvalue weighted by atomic mass is 32.1. The molecule has 1 saturated heterocycles. The van der Waals surface area contributed by atoms with Crippen molar-refractivity contribution in [1.82, 2.24) is 14.5 Å². The number of anilines is 1. The molecule has 0 spiro atoms. The van der Waals surface area contributed by atoms with Gasteiger partial charge in [0.1, 0.15) is 5.82 Å². The van der Waals surface area contributed by atoms with E-state index < -0.39 is 5.97 Å². The molecular weight excluding hydrogens is 495 g/mol. The zero-order valence-corrected chi connectivity index (χ0v) is 20.8. The molecule has 0 atom stereocenters. The number of esters is 1. The molecule has 1 aliphatic heterocycles. The molecule has 37 heavy (non-hydrogen) atoms. The Labute approximate surface area is 216 Å². The van der Waals surface area contributed by atoms with Gasteiger partial charge in [-0.1, -0.05) is 18.2 Å². The molecule has 5 rings (SSSR count). The maximum Gasteiger partial charge on any atom is 0.337 e. The van der Waals surface area contributed by atoms with E-state index in [1.807, 2.05) is 4.90 Å². The van der Waals surface area contributed by atoms with Crippen LogP contribution in [0.5, 0.6) is 0 Å². The second-order valence-corrected chi connectivity index (χ2v) is 8.99. The van der Waals surface area contributed by atoms with Gasteiger partial charge in [-0.25, -0.2) is 9.18 Å². The molecule has 10 heteroatoms. The fraction of sp³-hybridized carbons (Fsp3) is 0.185. The van der Waals surface area contributed by atoms with Crippen LogP contribution in [0, 0.1) is 10.6 Å². The first kappa shape index (κ1) is 24.4. The number of aromatic amines is 1. The normalized spacial score (nSPS) is 13.6. The Morgan fingerprint density at radius 1 is 0.946 bits per heavy atom. The van der Waals surface area contributed by atoms with Gasteiger partial charge in [0.2, 0.25) is 0 Å². The van der Waals surface area contributed by atoms with Crippen molar-refractivity contribution in [2.45, 2.75) is 0 Å². The van der Waals surface area contributed by atoms with Gasteiger partial charge < -0.3 is 19.5 Å². The number of amides is 1. The van der Waals surface area contributed by atoms with Gasteiger partial charge >= 0.3 is 5.97 Å². The summed E-state index contributed by atoms with van der Waals surface area (Å²) in [5.74, 6) is -0.985. The Bertz CT molecular complexity index is 1640. The minimum absolute atomic E-state index is 0.127. The summed E-state index contributed by atoms with van der Waals surface area (Å²) in [4.78, 5) is 45.1. The Hall–Kier alpha value is -4.31. The van der Waals surface area contributed by atoms with E-state index in [0.29, 0.717) is 59.6 Å². The Balaban J connectivity index is 1.41. The summed E-state index contributed by atoms with van der Waals surface area (Å²) in [5, 5.41) is 0.335. The predicted octanol–water partition coefficient (Wildman–Crippen LogP) is 3.94. The van der Waals surface area contributed by atoms with Crippen molar-refractivity contribution in [2.75, 3.05) is 38.2 Å². The molecule has 0 aliphatic carbocycles. The maximum absolute atomic E-state index is 14.2. The van der Waals surface area contributed by atoms with Gasteiger partial charge in [0.15, 0.2) is 4.77 Å². The van der Waals surface area contributed by atoms with Crippen molar-refractivity contribution in [3.63, 3.8) is 0 Å². The molecule has 1 aromatic heterocycles. The number of nitrogens with one attached hydrogen (secondary N) is 1. The van der Waals surface area contributed by atoms with Gasteiger partial charge in [0.05, 0.1) is 35.0 Å². The largest absolute Gasteiger partial charge is 0.465 e. The third kappa shape index (κ3) is 4.63. The fourth-order valence-electron chi connectivity index (χ4n) is 4.52. The number of hydrogen-bond acceptors (Lipinski definition) is 6. The van der Waals surface area contributed by atoms with Crippen molar-refractivity contribution in [2.24, 2.45) is 0 Å². The average molecular weight is 519 g/mol. The van der Waals surface area contributed by atoms with Gasteiger partial charge in [-0.2, -0.15) is 0 Å². The van der Waals surface area contributed by atoms with Crippen molar-refractivity contribution in [3.05, 3.63) is 98.8 Å². The molecule has 0 bridgehead atoms. The number of carbonyl (C=O) groups is 2. The molecule has 1 N–H and O–H groups in total. The van der Waals surface area contributed by atoms with Crippen LogP contribution in [0.1, 0.15) is 20.7 Å². The van der Waals surface area contributed by atoms with Gasteiger partial charge in [0, 0.05) is 31.7 Å². The van der Waals surface area contributed by atoms with Gasteiger partial charge in [-0.05, 0) is 60.7 Å². The highest BCUT2D eigenvalue weighted by Crippen LogP contribution is 2.21. The van der Waals surface area contributed by atoms with Crippen LogP contribution in [0.15, 0.2) is 71.5 Å². The van der Waals surface area contributed by atoms with Crippen LogP contribution >= 0.6 is 12.2 Å². The number of carbonyl (C=O) groups excluding carboxylic acids is 2. The number of para-hydroxylation sites is 1. The van der Waals surface area contributed by atoms with Crippen molar-refractivity contribution >= 4 is 40.7 Å². The number of ether oxygens (including phenoxy) is 1. The molecule has 4 aromatic rings. The first-order valence-electron chi connectivity index (χ1n) is 11.6. The summed E-state index contributed by atoms with van der Waals surface area (Å²) in [6.07, 6.45) is 0. The number of aromatic nitrogens is 2. The van der Waals surface area contributed by atoms with E-state index >= 15 is 0 Å². The first-order chi connectivity index (χ1) is 17.9. The highest BCUT2D eigenvalue weighted by molar-refractivity contribution is 7.71. The second-order valence-electron chi connectivity index (χ2n) is 8.60. The lowest BCUT2D eigenvalue weighted by Gasteiger charge is -2.36. The van der Waals surface area contributed by atoms with Crippen molar-refractivity contribution in [1.29, 1.82) is 0 Å². The maximum atomic E-state index is 14.2. The van der Waals surface area contributed by atoms with Crippen LogP contribution in [0.25, 0.3) is 16.6 Å². The quantitative estimate of drug-likeness (QED) is 0.325. The third-order valence-electron chi connectivity index (χ3n) is 6.43. The lowest BCUT2D eigenvalue weighted by molar-refractivity contribution is 0.0600. The Morgan fingerprint density at radius 3 is 2.43 bits per heavy atom.